The van der Waals surface area contributed by atoms with E-state index >= 15 is 0 Å². The van der Waals surface area contributed by atoms with Crippen LogP contribution in [0, 0.1) is 0 Å². The second kappa shape index (κ2) is 8.00. The number of carbonyl (C=O) groups excluding carboxylic acids is 1. The molecule has 1 amide bonds. The average molecular weight is 313 g/mol. The molecule has 1 aromatic carbocycles. The number of carboxylic acids is 1. The molecule has 0 aliphatic carbocycles. The molecule has 0 spiro atoms. The monoisotopic (exact) mass is 312 g/mol. The molecule has 21 heavy (non-hydrogen) atoms. The smallest absolute Gasteiger partial charge is 0.320 e. The van der Waals surface area contributed by atoms with Crippen LogP contribution in [0.2, 0.25) is 0 Å². The van der Waals surface area contributed by atoms with Gasteiger partial charge in [0.2, 0.25) is 5.91 Å². The van der Waals surface area contributed by atoms with Gasteiger partial charge in [0.25, 0.3) is 0 Å². The summed E-state index contributed by atoms with van der Waals surface area (Å²) < 4.78 is 0. The van der Waals surface area contributed by atoms with Gasteiger partial charge in [-0.25, -0.2) is 0 Å². The van der Waals surface area contributed by atoms with Gasteiger partial charge in [0.1, 0.15) is 6.04 Å². The van der Waals surface area contributed by atoms with E-state index in [-0.39, 0.29) is 24.9 Å². The zero-order valence-electron chi connectivity index (χ0n) is 12.1. The van der Waals surface area contributed by atoms with Crippen LogP contribution >= 0.6 is 12.4 Å². The normalized spacial score (nSPS) is 18.0. The van der Waals surface area contributed by atoms with Crippen molar-refractivity contribution in [1.82, 2.24) is 9.80 Å². The lowest BCUT2D eigenvalue weighted by atomic mass is 10.2. The molecule has 1 unspecified atom stereocenters. The second-order valence-electron chi connectivity index (χ2n) is 5.20. The SMILES string of the molecule is CN(Cc1ccccc1)C(=O)CN1CCCC1C(=O)O.Cl. The highest BCUT2D eigenvalue weighted by Gasteiger charge is 2.32. The molecule has 0 aromatic heterocycles. The van der Waals surface area contributed by atoms with Crippen molar-refractivity contribution >= 4 is 24.3 Å². The van der Waals surface area contributed by atoms with Crippen LogP contribution in [0.15, 0.2) is 30.3 Å². The third kappa shape index (κ3) is 4.72. The molecule has 0 bridgehead atoms. The number of rotatable bonds is 5. The molecule has 1 saturated heterocycles. The van der Waals surface area contributed by atoms with Crippen LogP contribution in [-0.2, 0) is 16.1 Å². The molecule has 1 heterocycles. The van der Waals surface area contributed by atoms with E-state index in [1.807, 2.05) is 30.3 Å². The van der Waals surface area contributed by atoms with Gasteiger partial charge in [-0.2, -0.15) is 0 Å². The first-order chi connectivity index (χ1) is 9.58. The summed E-state index contributed by atoms with van der Waals surface area (Å²) in [7, 11) is 1.75. The van der Waals surface area contributed by atoms with Crippen LogP contribution in [0.3, 0.4) is 0 Å². The van der Waals surface area contributed by atoms with Gasteiger partial charge >= 0.3 is 5.97 Å². The predicted octanol–water partition coefficient (Wildman–Crippen LogP) is 1.62. The Labute approximate surface area is 131 Å². The van der Waals surface area contributed by atoms with Gasteiger partial charge in [-0.05, 0) is 24.9 Å². The number of likely N-dealkylation sites (tertiary alicyclic amines) is 1. The first-order valence-electron chi connectivity index (χ1n) is 6.82. The number of nitrogens with zero attached hydrogens (tertiary/aromatic N) is 2. The number of hydrogen-bond donors (Lipinski definition) is 1. The number of amides is 1. The van der Waals surface area contributed by atoms with E-state index < -0.39 is 12.0 Å². The quantitative estimate of drug-likeness (QED) is 0.897. The van der Waals surface area contributed by atoms with Crippen molar-refractivity contribution in [1.29, 1.82) is 0 Å². The maximum absolute atomic E-state index is 12.2. The zero-order valence-corrected chi connectivity index (χ0v) is 12.9. The third-order valence-electron chi connectivity index (χ3n) is 3.68. The summed E-state index contributed by atoms with van der Waals surface area (Å²) in [6.07, 6.45) is 1.47. The Morgan fingerprint density at radius 3 is 2.62 bits per heavy atom. The highest BCUT2D eigenvalue weighted by Crippen LogP contribution is 2.17. The number of likely N-dealkylation sites (N-methyl/N-ethyl adjacent to an activating group) is 1. The summed E-state index contributed by atoms with van der Waals surface area (Å²) in [6, 6.07) is 9.25. The van der Waals surface area contributed by atoms with E-state index in [4.69, 9.17) is 5.11 Å². The summed E-state index contributed by atoms with van der Waals surface area (Å²) in [5.41, 5.74) is 1.07. The lowest BCUT2D eigenvalue weighted by molar-refractivity contribution is -0.143. The van der Waals surface area contributed by atoms with Crippen molar-refractivity contribution in [3.63, 3.8) is 0 Å². The van der Waals surface area contributed by atoms with Crippen LogP contribution in [0.25, 0.3) is 0 Å². The molecule has 1 aliphatic rings. The Bertz CT molecular complexity index is 481. The fraction of sp³-hybridized carbons (Fsp3) is 0.467. The Morgan fingerprint density at radius 2 is 2.00 bits per heavy atom. The highest BCUT2D eigenvalue weighted by atomic mass is 35.5. The van der Waals surface area contributed by atoms with E-state index in [0.29, 0.717) is 19.5 Å². The van der Waals surface area contributed by atoms with E-state index in [0.717, 1.165) is 12.0 Å². The van der Waals surface area contributed by atoms with Crippen LogP contribution in [-0.4, -0.2) is 53.0 Å². The minimum atomic E-state index is -0.832. The molecule has 116 valence electrons. The molecule has 1 fully saturated rings. The van der Waals surface area contributed by atoms with Crippen molar-refractivity contribution in [3.8, 4) is 0 Å². The predicted molar refractivity (Wildman–Crippen MR) is 82.4 cm³/mol. The van der Waals surface area contributed by atoms with E-state index in [1.165, 1.54) is 0 Å². The molecular formula is C15H21ClN2O3. The largest absolute Gasteiger partial charge is 0.480 e. The summed E-state index contributed by atoms with van der Waals surface area (Å²) in [5, 5.41) is 9.10. The fourth-order valence-corrected chi connectivity index (χ4v) is 2.53. The van der Waals surface area contributed by atoms with Gasteiger partial charge in [0.05, 0.1) is 6.54 Å². The highest BCUT2D eigenvalue weighted by molar-refractivity contribution is 5.85. The molecule has 5 nitrogen and oxygen atoms in total. The Morgan fingerprint density at radius 1 is 1.33 bits per heavy atom. The first-order valence-corrected chi connectivity index (χ1v) is 6.82. The molecule has 1 atom stereocenters. The van der Waals surface area contributed by atoms with Crippen molar-refractivity contribution in [2.45, 2.75) is 25.4 Å². The van der Waals surface area contributed by atoms with Gasteiger partial charge in [-0.15, -0.1) is 12.4 Å². The number of halogens is 1. The summed E-state index contributed by atoms with van der Waals surface area (Å²) in [5.74, 6) is -0.872. The number of carboxylic acid groups (broad SMARTS) is 1. The molecule has 0 saturated carbocycles. The molecule has 2 rings (SSSR count). The summed E-state index contributed by atoms with van der Waals surface area (Å²) in [6.45, 7) is 1.41. The lowest BCUT2D eigenvalue weighted by Crippen LogP contribution is -2.43. The van der Waals surface area contributed by atoms with Crippen molar-refractivity contribution in [2.24, 2.45) is 0 Å². The van der Waals surface area contributed by atoms with Crippen LogP contribution in [0.5, 0.6) is 0 Å². The van der Waals surface area contributed by atoms with E-state index in [2.05, 4.69) is 0 Å². The molecule has 0 radical (unpaired) electrons. The van der Waals surface area contributed by atoms with Gasteiger partial charge in [0.15, 0.2) is 0 Å². The minimum absolute atomic E-state index is 0. The average Bonchev–Trinajstić information content (AvgIpc) is 2.88. The van der Waals surface area contributed by atoms with E-state index in [1.54, 1.807) is 16.8 Å². The van der Waals surface area contributed by atoms with Crippen LogP contribution in [0.1, 0.15) is 18.4 Å². The van der Waals surface area contributed by atoms with Gasteiger partial charge in [0, 0.05) is 13.6 Å². The van der Waals surface area contributed by atoms with Crippen molar-refractivity contribution < 1.29 is 14.7 Å². The zero-order chi connectivity index (χ0) is 14.5. The standard InChI is InChI=1S/C15H20N2O3.ClH/c1-16(10-12-6-3-2-4-7-12)14(18)11-17-9-5-8-13(17)15(19)20;/h2-4,6-7,13H,5,8-11H2,1H3,(H,19,20);1H. The Kier molecular flexibility index (Phi) is 6.65. The molecule has 1 N–H and O–H groups in total. The van der Waals surface area contributed by atoms with Crippen LogP contribution < -0.4 is 0 Å². The maximum atomic E-state index is 12.2. The third-order valence-corrected chi connectivity index (χ3v) is 3.68. The van der Waals surface area contributed by atoms with Gasteiger partial charge < -0.3 is 10.0 Å². The fourth-order valence-electron chi connectivity index (χ4n) is 2.53. The molecule has 6 heteroatoms. The van der Waals surface area contributed by atoms with Crippen molar-refractivity contribution in [2.75, 3.05) is 20.1 Å². The molecule has 1 aromatic rings. The first kappa shape index (κ1) is 17.5. The number of hydrogen-bond acceptors (Lipinski definition) is 3. The molecule has 1 aliphatic heterocycles. The Hall–Kier alpha value is -1.59. The van der Waals surface area contributed by atoms with Crippen LogP contribution in [0.4, 0.5) is 0 Å². The second-order valence-corrected chi connectivity index (χ2v) is 5.20. The minimum Gasteiger partial charge on any atom is -0.480 e. The van der Waals surface area contributed by atoms with Crippen molar-refractivity contribution in [3.05, 3.63) is 35.9 Å². The van der Waals surface area contributed by atoms with Gasteiger partial charge in [-0.1, -0.05) is 30.3 Å². The maximum Gasteiger partial charge on any atom is 0.320 e. The topological polar surface area (TPSA) is 60.9 Å². The summed E-state index contributed by atoms with van der Waals surface area (Å²) >= 11 is 0. The number of carbonyl (C=O) groups is 2. The number of aliphatic carboxylic acids is 1. The van der Waals surface area contributed by atoms with E-state index in [9.17, 15) is 9.59 Å². The lowest BCUT2D eigenvalue weighted by Gasteiger charge is -2.24. The number of benzene rings is 1. The van der Waals surface area contributed by atoms with Gasteiger partial charge in [-0.3, -0.25) is 14.5 Å². The Balaban J connectivity index is 0.00000220. The molecular weight excluding hydrogens is 292 g/mol. The summed E-state index contributed by atoms with van der Waals surface area (Å²) in [4.78, 5) is 26.7.